The Bertz CT molecular complexity index is 906. The number of benzene rings is 2. The zero-order valence-corrected chi connectivity index (χ0v) is 21.4. The third-order valence-corrected chi connectivity index (χ3v) is 6.37. The Balaban J connectivity index is 1.77. The van der Waals surface area contributed by atoms with Gasteiger partial charge in [0.1, 0.15) is 0 Å². The van der Waals surface area contributed by atoms with E-state index in [2.05, 4.69) is 64.2 Å². The van der Waals surface area contributed by atoms with Gasteiger partial charge in [-0.25, -0.2) is 0 Å². The number of ketones is 1. The molecule has 2 aromatic carbocycles. The first kappa shape index (κ1) is 27.1. The van der Waals surface area contributed by atoms with Crippen LogP contribution >= 0.6 is 11.8 Å². The maximum Gasteiger partial charge on any atom is 0.251 e. The van der Waals surface area contributed by atoms with Crippen LogP contribution in [0, 0.1) is 17.8 Å². The van der Waals surface area contributed by atoms with Crippen LogP contribution in [0.4, 0.5) is 0 Å². The van der Waals surface area contributed by atoms with Crippen LogP contribution < -0.4 is 11.1 Å². The minimum Gasteiger partial charge on any atom is -0.380 e. The molecule has 0 spiro atoms. The van der Waals surface area contributed by atoms with Gasteiger partial charge >= 0.3 is 0 Å². The van der Waals surface area contributed by atoms with Gasteiger partial charge in [-0.15, -0.1) is 11.8 Å². The number of nitrogens with one attached hydrogen (secondary N) is 1. The van der Waals surface area contributed by atoms with Gasteiger partial charge in [-0.1, -0.05) is 57.5 Å². The van der Waals surface area contributed by atoms with E-state index in [9.17, 15) is 9.59 Å². The van der Waals surface area contributed by atoms with Crippen LogP contribution in [-0.2, 0) is 4.74 Å². The highest BCUT2D eigenvalue weighted by molar-refractivity contribution is 7.99. The van der Waals surface area contributed by atoms with E-state index in [0.717, 1.165) is 10.6 Å². The van der Waals surface area contributed by atoms with Gasteiger partial charge in [-0.3, -0.25) is 9.59 Å². The van der Waals surface area contributed by atoms with Gasteiger partial charge in [0.15, 0.2) is 5.78 Å². The number of amides is 1. The van der Waals surface area contributed by atoms with Crippen LogP contribution in [0.1, 0.15) is 60.4 Å². The molecule has 2 rings (SSSR count). The zero-order valence-electron chi connectivity index (χ0n) is 20.6. The summed E-state index contributed by atoms with van der Waals surface area (Å²) in [6.07, 6.45) is 0.458. The van der Waals surface area contributed by atoms with Gasteiger partial charge in [-0.2, -0.15) is 0 Å². The molecule has 0 saturated carbocycles. The Morgan fingerprint density at radius 1 is 0.909 bits per heavy atom. The lowest BCUT2D eigenvalue weighted by atomic mass is 9.93. The van der Waals surface area contributed by atoms with Gasteiger partial charge in [0, 0.05) is 45.6 Å². The maximum atomic E-state index is 12.5. The first-order valence-electron chi connectivity index (χ1n) is 11.4. The molecule has 0 aliphatic carbocycles. The fraction of sp³-hybridized carbons (Fsp3) is 0.481. The number of hydrogen-bond donors (Lipinski definition) is 2. The average Bonchev–Trinajstić information content (AvgIpc) is 2.78. The third-order valence-electron chi connectivity index (χ3n) is 5.35. The van der Waals surface area contributed by atoms with Gasteiger partial charge < -0.3 is 15.8 Å². The topological polar surface area (TPSA) is 81.4 Å². The second-order valence-corrected chi connectivity index (χ2v) is 11.3. The van der Waals surface area contributed by atoms with Crippen molar-refractivity contribution in [2.45, 2.75) is 45.9 Å². The second kappa shape index (κ2) is 12.4. The molecular weight excluding hydrogens is 432 g/mol. The van der Waals surface area contributed by atoms with Gasteiger partial charge in [0.25, 0.3) is 5.91 Å². The lowest BCUT2D eigenvalue weighted by molar-refractivity contribution is 0.0183. The van der Waals surface area contributed by atoms with E-state index in [4.69, 9.17) is 10.5 Å². The fourth-order valence-corrected chi connectivity index (χ4v) is 3.83. The summed E-state index contributed by atoms with van der Waals surface area (Å²) in [5.74, 6) is 0.656. The molecule has 0 bridgehead atoms. The molecule has 180 valence electrons. The van der Waals surface area contributed by atoms with Gasteiger partial charge in [0.05, 0.1) is 13.2 Å². The molecule has 5 nitrogen and oxygen atoms in total. The summed E-state index contributed by atoms with van der Waals surface area (Å²) in [7, 11) is 0. The largest absolute Gasteiger partial charge is 0.380 e. The predicted molar refractivity (Wildman–Crippen MR) is 137 cm³/mol. The molecule has 1 amide bonds. The number of thioether (sulfide) groups is 1. The molecule has 0 aromatic heterocycles. The minimum atomic E-state index is -0.203. The SMILES string of the molecule is Cc1ccc(SCCC(=O)c2ccc(C(=O)NCC(C)(C)COCC(C)(C)CN)cc2)cc1. The summed E-state index contributed by atoms with van der Waals surface area (Å²) in [6.45, 7) is 12.5. The molecule has 33 heavy (non-hydrogen) atoms. The number of hydrogen-bond acceptors (Lipinski definition) is 5. The Kier molecular flexibility index (Phi) is 10.1. The van der Waals surface area contributed by atoms with E-state index in [1.165, 1.54) is 5.56 Å². The summed E-state index contributed by atoms with van der Waals surface area (Å²) in [5, 5.41) is 2.97. The predicted octanol–water partition coefficient (Wildman–Crippen LogP) is 5.12. The number of rotatable bonds is 13. The second-order valence-electron chi connectivity index (χ2n) is 10.1. The summed E-state index contributed by atoms with van der Waals surface area (Å²) in [5.41, 5.74) is 7.88. The van der Waals surface area contributed by atoms with Crippen LogP contribution in [-0.4, -0.2) is 43.7 Å². The monoisotopic (exact) mass is 470 g/mol. The van der Waals surface area contributed by atoms with E-state index < -0.39 is 0 Å². The lowest BCUT2D eigenvalue weighted by Gasteiger charge is -2.28. The smallest absolute Gasteiger partial charge is 0.251 e. The van der Waals surface area contributed by atoms with E-state index in [1.807, 2.05) is 0 Å². The summed E-state index contributed by atoms with van der Waals surface area (Å²) >= 11 is 1.68. The van der Waals surface area contributed by atoms with Crippen molar-refractivity contribution >= 4 is 23.5 Å². The van der Waals surface area contributed by atoms with Gasteiger partial charge in [0.2, 0.25) is 0 Å². The number of Topliss-reactive ketones (excluding diaryl/α,β-unsaturated/α-hetero) is 1. The summed E-state index contributed by atoms with van der Waals surface area (Å²) in [4.78, 5) is 26.2. The van der Waals surface area contributed by atoms with Crippen LogP contribution in [0.5, 0.6) is 0 Å². The fourth-order valence-electron chi connectivity index (χ4n) is 2.98. The average molecular weight is 471 g/mol. The molecule has 2 aromatic rings. The van der Waals surface area contributed by atoms with Crippen molar-refractivity contribution in [3.63, 3.8) is 0 Å². The molecule has 0 radical (unpaired) electrons. The van der Waals surface area contributed by atoms with Crippen molar-refractivity contribution in [1.29, 1.82) is 0 Å². The van der Waals surface area contributed by atoms with Crippen molar-refractivity contribution in [3.8, 4) is 0 Å². The summed E-state index contributed by atoms with van der Waals surface area (Å²) < 4.78 is 5.83. The molecule has 0 atom stereocenters. The molecule has 6 heteroatoms. The highest BCUT2D eigenvalue weighted by atomic mass is 32.2. The highest BCUT2D eigenvalue weighted by Crippen LogP contribution is 2.21. The van der Waals surface area contributed by atoms with Crippen molar-refractivity contribution in [2.24, 2.45) is 16.6 Å². The molecule has 0 saturated heterocycles. The lowest BCUT2D eigenvalue weighted by Crippen LogP contribution is -2.38. The van der Waals surface area contributed by atoms with E-state index >= 15 is 0 Å². The van der Waals surface area contributed by atoms with Crippen molar-refractivity contribution in [3.05, 3.63) is 65.2 Å². The molecule has 3 N–H and O–H groups in total. The van der Waals surface area contributed by atoms with Crippen LogP contribution in [0.15, 0.2) is 53.4 Å². The van der Waals surface area contributed by atoms with Gasteiger partial charge in [-0.05, 0) is 37.7 Å². The molecular formula is C27H38N2O3S. The number of carbonyl (C=O) groups is 2. The Morgan fingerprint density at radius 2 is 1.48 bits per heavy atom. The number of aryl methyl sites for hydroxylation is 1. The van der Waals surface area contributed by atoms with Crippen molar-refractivity contribution < 1.29 is 14.3 Å². The Labute approximate surface area is 202 Å². The molecule has 0 aliphatic heterocycles. The van der Waals surface area contributed by atoms with E-state index in [-0.39, 0.29) is 22.5 Å². The Hall–Kier alpha value is -2.15. The first-order valence-corrected chi connectivity index (χ1v) is 12.4. The van der Waals surface area contributed by atoms with E-state index in [0.29, 0.717) is 43.9 Å². The van der Waals surface area contributed by atoms with Crippen LogP contribution in [0.25, 0.3) is 0 Å². The maximum absolute atomic E-state index is 12.5. The molecule has 0 fully saturated rings. The highest BCUT2D eigenvalue weighted by Gasteiger charge is 2.22. The minimum absolute atomic E-state index is 0.0577. The first-order chi connectivity index (χ1) is 15.5. The number of nitrogens with two attached hydrogens (primary N) is 1. The summed E-state index contributed by atoms with van der Waals surface area (Å²) in [6, 6.07) is 15.2. The molecule has 0 aliphatic rings. The van der Waals surface area contributed by atoms with E-state index in [1.54, 1.807) is 36.0 Å². The van der Waals surface area contributed by atoms with Crippen molar-refractivity contribution in [1.82, 2.24) is 5.32 Å². The number of carbonyl (C=O) groups excluding carboxylic acids is 2. The quantitative estimate of drug-likeness (QED) is 0.314. The zero-order chi connectivity index (χ0) is 24.5. The Morgan fingerprint density at radius 3 is 2.09 bits per heavy atom. The van der Waals surface area contributed by atoms with Crippen molar-refractivity contribution in [2.75, 3.05) is 32.1 Å². The molecule has 0 heterocycles. The third kappa shape index (κ3) is 9.70. The standard InChI is InChI=1S/C27H38N2O3S/c1-20-6-12-23(13-7-20)33-15-14-24(30)21-8-10-22(11-9-21)25(31)29-17-27(4,5)19-32-18-26(2,3)16-28/h6-13H,14-19,28H2,1-5H3,(H,29,31). The van der Waals surface area contributed by atoms with Crippen LogP contribution in [0.3, 0.4) is 0 Å². The normalized spacial score (nSPS) is 11.9. The molecule has 0 unspecified atom stereocenters. The number of ether oxygens (including phenoxy) is 1. The van der Waals surface area contributed by atoms with Crippen LogP contribution in [0.2, 0.25) is 0 Å².